The molecule has 2 rings (SSSR count). The Morgan fingerprint density at radius 2 is 2.05 bits per heavy atom. The number of aromatic nitrogens is 2. The first-order valence-corrected chi connectivity index (χ1v) is 5.79. The Kier molecular flexibility index (Phi) is 3.99. The summed E-state index contributed by atoms with van der Waals surface area (Å²) in [6, 6.07) is 6.41. The number of amides is 1. The molecule has 1 aromatic heterocycles. The first kappa shape index (κ1) is 13.6. The molecule has 7 heteroatoms. The van der Waals surface area contributed by atoms with Gasteiger partial charge in [-0.15, -0.1) is 0 Å². The second kappa shape index (κ2) is 5.87. The fraction of sp³-hybridized carbons (Fsp3) is 0.154. The highest BCUT2D eigenvalue weighted by atomic mass is 16.5. The second-order valence-corrected chi connectivity index (χ2v) is 4.02. The van der Waals surface area contributed by atoms with Crippen molar-refractivity contribution in [3.63, 3.8) is 0 Å². The van der Waals surface area contributed by atoms with Gasteiger partial charge >= 0.3 is 5.97 Å². The van der Waals surface area contributed by atoms with Gasteiger partial charge in [-0.2, -0.15) is 0 Å². The largest absolute Gasteiger partial charge is 0.482 e. The summed E-state index contributed by atoms with van der Waals surface area (Å²) < 4.78 is 6.60. The maximum atomic E-state index is 11.9. The van der Waals surface area contributed by atoms with E-state index in [0.717, 1.165) is 0 Å². The highest BCUT2D eigenvalue weighted by Gasteiger charge is 2.10. The van der Waals surface area contributed by atoms with Crippen LogP contribution in [-0.2, 0) is 11.8 Å². The first-order valence-electron chi connectivity index (χ1n) is 5.79. The van der Waals surface area contributed by atoms with Gasteiger partial charge in [-0.3, -0.25) is 4.79 Å². The van der Waals surface area contributed by atoms with Gasteiger partial charge < -0.3 is 19.7 Å². The lowest BCUT2D eigenvalue weighted by molar-refractivity contribution is -0.139. The molecule has 1 heterocycles. The maximum Gasteiger partial charge on any atom is 0.341 e. The van der Waals surface area contributed by atoms with Crippen LogP contribution in [0.5, 0.6) is 5.75 Å². The number of nitrogens with one attached hydrogen (secondary N) is 1. The van der Waals surface area contributed by atoms with E-state index in [1.54, 1.807) is 42.1 Å². The molecule has 2 aromatic rings. The van der Waals surface area contributed by atoms with Gasteiger partial charge in [0, 0.05) is 25.1 Å². The van der Waals surface area contributed by atoms with Crippen LogP contribution in [0.25, 0.3) is 0 Å². The summed E-state index contributed by atoms with van der Waals surface area (Å²) >= 11 is 0. The number of ether oxygens (including phenoxy) is 1. The summed E-state index contributed by atoms with van der Waals surface area (Å²) in [5, 5.41) is 11.2. The summed E-state index contributed by atoms with van der Waals surface area (Å²) in [6.45, 7) is -0.404. The number of nitrogens with zero attached hydrogens (tertiary/aromatic N) is 2. The number of carbonyl (C=O) groups is 2. The van der Waals surface area contributed by atoms with Crippen molar-refractivity contribution in [2.45, 2.75) is 0 Å². The van der Waals surface area contributed by atoms with Gasteiger partial charge in [-0.25, -0.2) is 9.78 Å². The molecule has 7 nitrogen and oxygen atoms in total. The number of carboxylic acids is 1. The quantitative estimate of drug-likeness (QED) is 0.853. The van der Waals surface area contributed by atoms with E-state index < -0.39 is 12.6 Å². The first-order chi connectivity index (χ1) is 9.56. The molecular weight excluding hydrogens is 262 g/mol. The molecular formula is C13H13N3O4. The van der Waals surface area contributed by atoms with Crippen LogP contribution in [0.3, 0.4) is 0 Å². The van der Waals surface area contributed by atoms with Gasteiger partial charge in [0.05, 0.1) is 0 Å². The third kappa shape index (κ3) is 3.35. The minimum atomic E-state index is -1.04. The van der Waals surface area contributed by atoms with Gasteiger partial charge in [-0.05, 0) is 24.3 Å². The Hall–Kier alpha value is -2.83. The predicted octanol–water partition coefficient (Wildman–Crippen LogP) is 1.14. The van der Waals surface area contributed by atoms with Gasteiger partial charge in [0.1, 0.15) is 5.75 Å². The van der Waals surface area contributed by atoms with E-state index in [1.807, 2.05) is 0 Å². The van der Waals surface area contributed by atoms with Crippen molar-refractivity contribution in [3.05, 3.63) is 42.5 Å². The fourth-order valence-corrected chi connectivity index (χ4v) is 1.55. The van der Waals surface area contributed by atoms with Crippen LogP contribution in [0.15, 0.2) is 36.7 Å². The molecule has 104 valence electrons. The monoisotopic (exact) mass is 275 g/mol. The third-order valence-corrected chi connectivity index (χ3v) is 2.50. The van der Waals surface area contributed by atoms with E-state index in [9.17, 15) is 9.59 Å². The average molecular weight is 275 g/mol. The van der Waals surface area contributed by atoms with Gasteiger partial charge in [0.15, 0.2) is 12.4 Å². The number of aliphatic carboxylic acids is 1. The molecule has 0 bridgehead atoms. The molecule has 0 aliphatic carbocycles. The van der Waals surface area contributed by atoms with E-state index in [0.29, 0.717) is 17.3 Å². The van der Waals surface area contributed by atoms with E-state index in [2.05, 4.69) is 10.3 Å². The van der Waals surface area contributed by atoms with Crippen LogP contribution in [0, 0.1) is 0 Å². The number of carbonyl (C=O) groups excluding carboxylic acids is 1. The molecule has 0 atom stereocenters. The molecule has 0 aliphatic heterocycles. The fourth-order valence-electron chi connectivity index (χ4n) is 1.55. The molecule has 1 amide bonds. The van der Waals surface area contributed by atoms with E-state index in [-0.39, 0.29) is 5.91 Å². The van der Waals surface area contributed by atoms with Crippen LogP contribution in [-0.4, -0.2) is 33.1 Å². The lowest BCUT2D eigenvalue weighted by Crippen LogP contribution is -2.16. The summed E-state index contributed by atoms with van der Waals surface area (Å²) in [6.07, 6.45) is 3.22. The number of imidazole rings is 1. The molecule has 1 aromatic carbocycles. The van der Waals surface area contributed by atoms with Crippen LogP contribution in [0.4, 0.5) is 5.69 Å². The third-order valence-electron chi connectivity index (χ3n) is 2.50. The molecule has 0 unspecified atom stereocenters. The Balaban J connectivity index is 1.99. The van der Waals surface area contributed by atoms with Gasteiger partial charge in [0.2, 0.25) is 0 Å². The van der Waals surface area contributed by atoms with Crippen molar-refractivity contribution in [1.29, 1.82) is 0 Å². The Morgan fingerprint density at radius 1 is 1.35 bits per heavy atom. The topological polar surface area (TPSA) is 93.5 Å². The second-order valence-electron chi connectivity index (χ2n) is 4.02. The number of carboxylic acid groups (broad SMARTS) is 1. The van der Waals surface area contributed by atoms with Crippen LogP contribution in [0.1, 0.15) is 10.6 Å². The smallest absolute Gasteiger partial charge is 0.341 e. The number of aryl methyl sites for hydroxylation is 1. The summed E-state index contributed by atoms with van der Waals surface area (Å²) in [4.78, 5) is 26.2. The van der Waals surface area contributed by atoms with E-state index in [4.69, 9.17) is 9.84 Å². The molecule has 0 saturated heterocycles. The maximum absolute atomic E-state index is 11.9. The Labute approximate surface area is 114 Å². The highest BCUT2D eigenvalue weighted by molar-refractivity contribution is 6.01. The van der Waals surface area contributed by atoms with Crippen molar-refractivity contribution in [2.75, 3.05) is 11.9 Å². The van der Waals surface area contributed by atoms with Crippen LogP contribution < -0.4 is 10.1 Å². The molecule has 20 heavy (non-hydrogen) atoms. The molecule has 0 saturated carbocycles. The minimum Gasteiger partial charge on any atom is -0.482 e. The molecule has 0 fully saturated rings. The van der Waals surface area contributed by atoms with Gasteiger partial charge in [-0.1, -0.05) is 0 Å². The number of rotatable bonds is 5. The number of hydrogen-bond donors (Lipinski definition) is 2. The molecule has 0 spiro atoms. The van der Waals surface area contributed by atoms with Crippen molar-refractivity contribution < 1.29 is 19.4 Å². The normalized spacial score (nSPS) is 10.1. The zero-order valence-corrected chi connectivity index (χ0v) is 10.7. The van der Waals surface area contributed by atoms with Crippen molar-refractivity contribution in [3.8, 4) is 5.75 Å². The molecule has 0 aliphatic rings. The number of benzene rings is 1. The SMILES string of the molecule is Cn1ccnc1C(=O)Nc1ccc(OCC(=O)O)cc1. The van der Waals surface area contributed by atoms with E-state index in [1.165, 1.54) is 6.20 Å². The zero-order valence-electron chi connectivity index (χ0n) is 10.7. The van der Waals surface area contributed by atoms with Crippen molar-refractivity contribution in [1.82, 2.24) is 9.55 Å². The number of hydrogen-bond acceptors (Lipinski definition) is 4. The minimum absolute atomic E-state index is 0.302. The van der Waals surface area contributed by atoms with Crippen molar-refractivity contribution >= 4 is 17.6 Å². The Bertz CT molecular complexity index is 619. The van der Waals surface area contributed by atoms with Crippen LogP contribution >= 0.6 is 0 Å². The molecule has 0 radical (unpaired) electrons. The standard InChI is InChI=1S/C13H13N3O4/c1-16-7-6-14-12(16)13(19)15-9-2-4-10(5-3-9)20-8-11(17)18/h2-7H,8H2,1H3,(H,15,19)(H,17,18). The predicted molar refractivity (Wildman–Crippen MR) is 70.7 cm³/mol. The summed E-state index contributed by atoms with van der Waals surface area (Å²) in [5.41, 5.74) is 0.570. The molecule has 2 N–H and O–H groups in total. The summed E-state index contributed by atoms with van der Waals surface area (Å²) in [5.74, 6) is -0.646. The number of anilines is 1. The lowest BCUT2D eigenvalue weighted by Gasteiger charge is -2.07. The average Bonchev–Trinajstić information content (AvgIpc) is 2.84. The van der Waals surface area contributed by atoms with Gasteiger partial charge in [0.25, 0.3) is 5.91 Å². The van der Waals surface area contributed by atoms with E-state index >= 15 is 0 Å². The Morgan fingerprint density at radius 3 is 2.60 bits per heavy atom. The lowest BCUT2D eigenvalue weighted by atomic mass is 10.3. The van der Waals surface area contributed by atoms with Crippen LogP contribution in [0.2, 0.25) is 0 Å². The highest BCUT2D eigenvalue weighted by Crippen LogP contribution is 2.16. The van der Waals surface area contributed by atoms with Crippen molar-refractivity contribution in [2.24, 2.45) is 7.05 Å². The summed E-state index contributed by atoms with van der Waals surface area (Å²) in [7, 11) is 1.73. The zero-order chi connectivity index (χ0) is 14.5.